The van der Waals surface area contributed by atoms with Crippen LogP contribution >= 0.6 is 39.3 Å². The molecular weight excluding hydrogens is 508 g/mol. The number of nitrogens with one attached hydrogen (secondary N) is 2. The molecule has 0 spiro atoms. The third kappa shape index (κ3) is 6.09. The predicted molar refractivity (Wildman–Crippen MR) is 126 cm³/mol. The molecule has 0 bridgehead atoms. The highest BCUT2D eigenvalue weighted by Gasteiger charge is 2.27. The highest BCUT2D eigenvalue weighted by molar-refractivity contribution is 9.10. The average Bonchev–Trinajstić information content (AvgIpc) is 3.03. The van der Waals surface area contributed by atoms with E-state index in [0.29, 0.717) is 38.1 Å². The van der Waals surface area contributed by atoms with E-state index in [1.807, 2.05) is 32.0 Å². The molecule has 3 N–H and O–H groups in total. The second-order valence-electron chi connectivity index (χ2n) is 6.53. The van der Waals surface area contributed by atoms with E-state index in [4.69, 9.17) is 26.2 Å². The quantitative estimate of drug-likeness (QED) is 0.421. The lowest BCUT2D eigenvalue weighted by Gasteiger charge is -2.15. The van der Waals surface area contributed by atoms with Crippen LogP contribution in [0.2, 0.25) is 5.02 Å². The molecule has 2 aromatic rings. The van der Waals surface area contributed by atoms with Crippen LogP contribution in [0.5, 0.6) is 11.5 Å². The van der Waals surface area contributed by atoms with Crippen molar-refractivity contribution in [3.63, 3.8) is 0 Å². The number of halogens is 2. The Morgan fingerprint density at radius 3 is 2.84 bits per heavy atom. The zero-order valence-corrected chi connectivity index (χ0v) is 19.9. The van der Waals surface area contributed by atoms with Crippen LogP contribution in [0.1, 0.15) is 18.1 Å². The molecule has 1 atom stereocenters. The van der Waals surface area contributed by atoms with Gasteiger partial charge in [-0.3, -0.25) is 4.79 Å². The molecule has 2 aromatic carbocycles. The number of hydrogen-bond acceptors (Lipinski definition) is 6. The Balaban J connectivity index is 1.81. The van der Waals surface area contributed by atoms with Crippen molar-refractivity contribution >= 4 is 62.9 Å². The summed E-state index contributed by atoms with van der Waals surface area (Å²) in [7, 11) is 0. The Morgan fingerprint density at radius 2 is 2.13 bits per heavy atom. The van der Waals surface area contributed by atoms with Crippen molar-refractivity contribution in [2.24, 2.45) is 0 Å². The van der Waals surface area contributed by atoms with Gasteiger partial charge in [0.15, 0.2) is 23.6 Å². The predicted octanol–water partition coefficient (Wildman–Crippen LogP) is 4.87. The van der Waals surface area contributed by atoms with E-state index in [9.17, 15) is 9.59 Å². The van der Waals surface area contributed by atoms with E-state index in [2.05, 4.69) is 26.6 Å². The summed E-state index contributed by atoms with van der Waals surface area (Å²) in [6.07, 6.45) is 1.74. The average molecular weight is 528 g/mol. The van der Waals surface area contributed by atoms with E-state index in [0.717, 1.165) is 11.3 Å². The Morgan fingerprint density at radius 1 is 1.35 bits per heavy atom. The van der Waals surface area contributed by atoms with Gasteiger partial charge >= 0.3 is 5.97 Å². The number of hydrogen-bond donors (Lipinski definition) is 3. The molecule has 1 heterocycles. The molecule has 0 aliphatic carbocycles. The van der Waals surface area contributed by atoms with Crippen LogP contribution in [-0.4, -0.2) is 35.7 Å². The molecule has 3 rings (SSSR count). The number of anilines is 1. The summed E-state index contributed by atoms with van der Waals surface area (Å²) in [5, 5.41) is 15.6. The lowest BCUT2D eigenvalue weighted by molar-refractivity contribution is -0.139. The lowest BCUT2D eigenvalue weighted by Crippen LogP contribution is -2.31. The van der Waals surface area contributed by atoms with Gasteiger partial charge in [-0.25, -0.2) is 4.79 Å². The number of aryl methyl sites for hydroxylation is 1. The van der Waals surface area contributed by atoms with Crippen LogP contribution in [-0.2, 0) is 9.59 Å². The summed E-state index contributed by atoms with van der Waals surface area (Å²) < 4.78 is 11.5. The molecule has 7 nitrogen and oxygen atoms in total. The maximum atomic E-state index is 12.5. The molecule has 0 aromatic heterocycles. The molecule has 0 radical (unpaired) electrons. The molecule has 1 amide bonds. The molecule has 1 fully saturated rings. The van der Waals surface area contributed by atoms with Gasteiger partial charge in [0.2, 0.25) is 0 Å². The number of amides is 1. The molecular formula is C21H20BrClN2O5S. The highest BCUT2D eigenvalue weighted by Crippen LogP contribution is 2.39. The van der Waals surface area contributed by atoms with E-state index >= 15 is 0 Å². The number of benzene rings is 2. The smallest absolute Gasteiger partial charge is 0.341 e. The fourth-order valence-corrected chi connectivity index (χ4v) is 4.54. The summed E-state index contributed by atoms with van der Waals surface area (Å²) in [6.45, 7) is 3.65. The van der Waals surface area contributed by atoms with Gasteiger partial charge in [0, 0.05) is 10.7 Å². The van der Waals surface area contributed by atoms with Crippen LogP contribution in [0.25, 0.3) is 6.08 Å². The SMILES string of the molecule is CCOc1cc(/C=C2\SC(Nc3cc(Cl)ccc3C)NC2=O)cc(Br)c1OCC(=O)O. The summed E-state index contributed by atoms with van der Waals surface area (Å²) in [5.41, 5.74) is 2.21. The van der Waals surface area contributed by atoms with Gasteiger partial charge in [0.05, 0.1) is 16.0 Å². The second-order valence-corrected chi connectivity index (χ2v) is 8.97. The maximum Gasteiger partial charge on any atom is 0.341 e. The summed E-state index contributed by atoms with van der Waals surface area (Å²) in [4.78, 5) is 23.8. The number of carboxylic acids is 1. The summed E-state index contributed by atoms with van der Waals surface area (Å²) >= 11 is 10.8. The molecule has 164 valence electrons. The Labute approximate surface area is 197 Å². The first-order chi connectivity index (χ1) is 14.8. The minimum Gasteiger partial charge on any atom is -0.490 e. The molecule has 10 heteroatoms. The van der Waals surface area contributed by atoms with Crippen molar-refractivity contribution in [1.29, 1.82) is 0 Å². The molecule has 1 saturated heterocycles. The fraction of sp³-hybridized carbons (Fsp3) is 0.238. The van der Waals surface area contributed by atoms with Gasteiger partial charge in [0.25, 0.3) is 5.91 Å². The van der Waals surface area contributed by atoms with Crippen LogP contribution < -0.4 is 20.1 Å². The summed E-state index contributed by atoms with van der Waals surface area (Å²) in [6, 6.07) is 8.97. The van der Waals surface area contributed by atoms with Gasteiger partial charge in [-0.15, -0.1) is 0 Å². The monoisotopic (exact) mass is 526 g/mol. The number of ether oxygens (including phenoxy) is 2. The maximum absolute atomic E-state index is 12.5. The topological polar surface area (TPSA) is 96.9 Å². The number of carbonyl (C=O) groups is 2. The minimum atomic E-state index is -1.09. The van der Waals surface area contributed by atoms with Crippen molar-refractivity contribution in [3.8, 4) is 11.5 Å². The number of rotatable bonds is 8. The molecule has 0 saturated carbocycles. The van der Waals surface area contributed by atoms with E-state index in [1.165, 1.54) is 11.8 Å². The Hall–Kier alpha value is -2.36. The third-order valence-corrected chi connectivity index (χ3v) is 6.04. The normalized spacial score (nSPS) is 16.8. The van der Waals surface area contributed by atoms with E-state index in [-0.39, 0.29) is 11.4 Å². The van der Waals surface area contributed by atoms with Gasteiger partial charge in [0.1, 0.15) is 0 Å². The lowest BCUT2D eigenvalue weighted by atomic mass is 10.2. The molecule has 1 aliphatic rings. The van der Waals surface area contributed by atoms with Crippen molar-refractivity contribution in [2.45, 2.75) is 19.3 Å². The number of thioether (sulfide) groups is 1. The standard InChI is InChI=1S/C21H20BrClN2O5S/c1-3-29-16-7-12(6-14(22)19(16)30-10-18(26)27)8-17-20(28)25-21(31-17)24-15-9-13(23)5-4-11(15)2/h4-9,21,24H,3,10H2,1-2H3,(H,25,28)(H,26,27)/b17-8-. The Bertz CT molecular complexity index is 1050. The van der Waals surface area contributed by atoms with Crippen molar-refractivity contribution in [1.82, 2.24) is 5.32 Å². The first-order valence-corrected chi connectivity index (χ1v) is 11.3. The number of carbonyl (C=O) groups excluding carboxylic acids is 1. The van der Waals surface area contributed by atoms with Crippen molar-refractivity contribution in [2.75, 3.05) is 18.5 Å². The molecule has 31 heavy (non-hydrogen) atoms. The van der Waals surface area contributed by atoms with Gasteiger partial charge in [-0.05, 0) is 71.2 Å². The largest absolute Gasteiger partial charge is 0.490 e. The summed E-state index contributed by atoms with van der Waals surface area (Å²) in [5.74, 6) is -0.612. The highest BCUT2D eigenvalue weighted by atomic mass is 79.9. The fourth-order valence-electron chi connectivity index (χ4n) is 2.82. The number of carboxylic acid groups (broad SMARTS) is 1. The zero-order chi connectivity index (χ0) is 22.5. The Kier molecular flexibility index (Phi) is 7.74. The third-order valence-electron chi connectivity index (χ3n) is 4.19. The second kappa shape index (κ2) is 10.3. The zero-order valence-electron chi connectivity index (χ0n) is 16.7. The van der Waals surface area contributed by atoms with E-state index < -0.39 is 12.6 Å². The minimum absolute atomic E-state index is 0.206. The number of aliphatic carboxylic acids is 1. The van der Waals surface area contributed by atoms with Crippen LogP contribution in [0.15, 0.2) is 39.7 Å². The van der Waals surface area contributed by atoms with Gasteiger partial charge in [-0.1, -0.05) is 29.4 Å². The van der Waals surface area contributed by atoms with Crippen LogP contribution in [0.4, 0.5) is 5.69 Å². The first-order valence-electron chi connectivity index (χ1n) is 9.29. The van der Waals surface area contributed by atoms with Crippen LogP contribution in [0.3, 0.4) is 0 Å². The molecule has 1 unspecified atom stereocenters. The molecule has 1 aliphatic heterocycles. The van der Waals surface area contributed by atoms with Crippen molar-refractivity contribution in [3.05, 3.63) is 55.9 Å². The van der Waals surface area contributed by atoms with Gasteiger partial charge in [-0.2, -0.15) is 0 Å². The van der Waals surface area contributed by atoms with Crippen LogP contribution in [0, 0.1) is 6.92 Å². The van der Waals surface area contributed by atoms with E-state index in [1.54, 1.807) is 18.2 Å². The van der Waals surface area contributed by atoms with Crippen molar-refractivity contribution < 1.29 is 24.2 Å². The van der Waals surface area contributed by atoms with Gasteiger partial charge < -0.3 is 25.2 Å². The first kappa shape index (κ1) is 23.3.